The van der Waals surface area contributed by atoms with E-state index in [-0.39, 0.29) is 30.7 Å². The number of aliphatic hydroxyl groups excluding tert-OH is 1. The predicted octanol–water partition coefficient (Wildman–Crippen LogP) is 4.70. The molecule has 2 fully saturated rings. The predicted molar refractivity (Wildman–Crippen MR) is 189 cm³/mol. The molecule has 1 unspecified atom stereocenters. The second kappa shape index (κ2) is 13.3. The Hall–Kier alpha value is -4.96. The number of benzene rings is 3. The number of nitrogens with zero attached hydrogens (tertiary/aromatic N) is 6. The first-order valence-corrected chi connectivity index (χ1v) is 20.0. The monoisotopic (exact) mass is 712 g/mol. The number of aromatic nitrogens is 3. The normalized spacial score (nSPS) is 23.6. The molecule has 0 radical (unpaired) electrons. The van der Waals surface area contributed by atoms with Gasteiger partial charge in [-0.2, -0.15) is 0 Å². The molecule has 2 N–H and O–H groups in total. The van der Waals surface area contributed by atoms with Crippen molar-refractivity contribution < 1.29 is 33.9 Å². The van der Waals surface area contributed by atoms with Crippen LogP contribution in [0.5, 0.6) is 0 Å². The van der Waals surface area contributed by atoms with Gasteiger partial charge >= 0.3 is 6.09 Å². The molecular formula is C36H40N6O8Si. The van der Waals surface area contributed by atoms with E-state index in [0.717, 1.165) is 11.1 Å². The number of hydrogen-bond donors (Lipinski definition) is 2. The van der Waals surface area contributed by atoms with Crippen LogP contribution in [0.2, 0.25) is 18.6 Å². The third-order valence-corrected chi connectivity index (χ3v) is 13.0. The number of non-ortho nitro benzene ring substituents is 1. The van der Waals surface area contributed by atoms with Gasteiger partial charge in [-0.3, -0.25) is 24.5 Å². The lowest BCUT2D eigenvalue weighted by Gasteiger charge is -2.32. The molecule has 4 heterocycles. The maximum Gasteiger partial charge on any atom is 0.414 e. The van der Waals surface area contributed by atoms with E-state index in [1.165, 1.54) is 17.0 Å². The van der Waals surface area contributed by atoms with Crippen molar-refractivity contribution >= 4 is 37.4 Å². The van der Waals surface area contributed by atoms with E-state index in [1.807, 2.05) is 62.5 Å². The standard InChI is InChI=1S/C36H40N6O8Si/c1-23-33(51(2,3)48)32(15-16-39-21-30(37-38-39)28(22-43)25-7-5-4-6-8-25)50-36(23)29-19-27(42(46)47)13-14-31(29)41(34(36)44)20-24-9-11-26(12-10-24)40-17-18-49-35(40)45/h4-14,19,21,23,28,32-33,43,48H,15-18,20,22H2,1-3H3/t23-,28?,32+,33-,36+/m1/s1. The van der Waals surface area contributed by atoms with Gasteiger partial charge in [0.15, 0.2) is 13.9 Å². The van der Waals surface area contributed by atoms with Crippen LogP contribution < -0.4 is 9.80 Å². The Bertz CT molecular complexity index is 1950. The van der Waals surface area contributed by atoms with Crippen LogP contribution in [0.15, 0.2) is 79.0 Å². The number of anilines is 2. The summed E-state index contributed by atoms with van der Waals surface area (Å²) in [6.45, 7) is 6.71. The SMILES string of the molecule is C[C@@H]1[C@@H]([Si](C)(C)O)[C@H](CCn2cc(C(CO)c3ccccc3)nn2)O[C@@]12C(=O)N(Cc1ccc(N3CCOC3=O)cc1)c1ccc([N+](=O)[O-])cc12. The van der Waals surface area contributed by atoms with E-state index in [9.17, 15) is 29.6 Å². The van der Waals surface area contributed by atoms with E-state index in [0.29, 0.717) is 48.7 Å². The minimum atomic E-state index is -3.00. The van der Waals surface area contributed by atoms with Crippen molar-refractivity contribution in [2.24, 2.45) is 5.92 Å². The molecule has 4 aromatic rings. The Morgan fingerprint density at radius 3 is 2.49 bits per heavy atom. The molecule has 3 aliphatic rings. The van der Waals surface area contributed by atoms with Gasteiger partial charge in [-0.25, -0.2) is 4.79 Å². The highest BCUT2D eigenvalue weighted by atomic mass is 28.4. The van der Waals surface area contributed by atoms with Gasteiger partial charge < -0.3 is 24.3 Å². The molecule has 5 atom stereocenters. The number of aliphatic hydroxyl groups is 1. The maximum absolute atomic E-state index is 14.8. The minimum absolute atomic E-state index is 0.137. The van der Waals surface area contributed by atoms with Crippen LogP contribution in [0.4, 0.5) is 21.9 Å². The Labute approximate surface area is 295 Å². The number of cyclic esters (lactones) is 1. The van der Waals surface area contributed by atoms with Crippen LogP contribution >= 0.6 is 0 Å². The van der Waals surface area contributed by atoms with Crippen LogP contribution in [0, 0.1) is 16.0 Å². The molecule has 51 heavy (non-hydrogen) atoms. The van der Waals surface area contributed by atoms with Gasteiger partial charge in [0.1, 0.15) is 6.61 Å². The molecule has 2 amide bonds. The summed E-state index contributed by atoms with van der Waals surface area (Å²) >= 11 is 0. The zero-order valence-electron chi connectivity index (χ0n) is 28.6. The van der Waals surface area contributed by atoms with Crippen LogP contribution in [-0.2, 0) is 33.0 Å². The average Bonchev–Trinajstić information content (AvgIpc) is 3.88. The smallest absolute Gasteiger partial charge is 0.414 e. The first kappa shape index (κ1) is 34.5. The number of fused-ring (bicyclic) bond motifs is 2. The fourth-order valence-corrected chi connectivity index (χ4v) is 10.7. The van der Waals surface area contributed by atoms with Crippen molar-refractivity contribution in [3.05, 3.63) is 111 Å². The van der Waals surface area contributed by atoms with Gasteiger partial charge in [0, 0.05) is 47.6 Å². The number of carbonyl (C=O) groups excluding carboxylic acids is 2. The molecule has 0 saturated carbocycles. The number of hydrogen-bond acceptors (Lipinski definition) is 10. The molecule has 0 aliphatic carbocycles. The third-order valence-electron chi connectivity index (χ3n) is 10.5. The van der Waals surface area contributed by atoms with Crippen molar-refractivity contribution in [2.75, 3.05) is 29.6 Å². The molecule has 2 saturated heterocycles. The second-order valence-electron chi connectivity index (χ2n) is 14.0. The van der Waals surface area contributed by atoms with Crippen molar-refractivity contribution in [1.82, 2.24) is 15.0 Å². The lowest BCUT2D eigenvalue weighted by Crippen LogP contribution is -2.46. The summed E-state index contributed by atoms with van der Waals surface area (Å²) in [5, 5.41) is 30.8. The van der Waals surface area contributed by atoms with Gasteiger partial charge in [0.2, 0.25) is 0 Å². The molecule has 1 aromatic heterocycles. The van der Waals surface area contributed by atoms with Crippen molar-refractivity contribution in [3.8, 4) is 0 Å². The largest absolute Gasteiger partial charge is 0.447 e. The van der Waals surface area contributed by atoms with Crippen LogP contribution in [0.1, 0.15) is 41.6 Å². The summed E-state index contributed by atoms with van der Waals surface area (Å²) in [4.78, 5) is 53.2. The molecule has 3 aliphatic heterocycles. The summed E-state index contributed by atoms with van der Waals surface area (Å²) < 4.78 is 13.6. The summed E-state index contributed by atoms with van der Waals surface area (Å²) in [6, 6.07) is 21.3. The number of nitro groups is 1. The van der Waals surface area contributed by atoms with Crippen LogP contribution in [0.3, 0.4) is 0 Å². The first-order valence-electron chi connectivity index (χ1n) is 17.0. The Morgan fingerprint density at radius 2 is 1.84 bits per heavy atom. The average molecular weight is 713 g/mol. The third kappa shape index (κ3) is 6.09. The fourth-order valence-electron chi connectivity index (χ4n) is 8.09. The first-order chi connectivity index (χ1) is 24.4. The van der Waals surface area contributed by atoms with E-state index in [2.05, 4.69) is 10.3 Å². The molecule has 15 heteroatoms. The number of amides is 2. The summed E-state index contributed by atoms with van der Waals surface area (Å²) in [5.41, 5.74) is 1.80. The number of carbonyl (C=O) groups is 2. The van der Waals surface area contributed by atoms with E-state index >= 15 is 0 Å². The van der Waals surface area contributed by atoms with Crippen molar-refractivity contribution in [1.29, 1.82) is 0 Å². The molecule has 7 rings (SSSR count). The lowest BCUT2D eigenvalue weighted by molar-refractivity contribution is -0.385. The molecular weight excluding hydrogens is 673 g/mol. The highest BCUT2D eigenvalue weighted by molar-refractivity contribution is 6.71. The van der Waals surface area contributed by atoms with Gasteiger partial charge in [-0.15, -0.1) is 5.10 Å². The van der Waals surface area contributed by atoms with Crippen molar-refractivity contribution in [3.63, 3.8) is 0 Å². The summed E-state index contributed by atoms with van der Waals surface area (Å²) in [6.07, 6.45) is 1.20. The van der Waals surface area contributed by atoms with Crippen LogP contribution in [-0.4, -0.2) is 76.0 Å². The quantitative estimate of drug-likeness (QED) is 0.126. The fraction of sp³-hybridized carbons (Fsp3) is 0.389. The van der Waals surface area contributed by atoms with Gasteiger partial charge in [-0.05, 0) is 48.8 Å². The zero-order chi connectivity index (χ0) is 36.1. The topological polar surface area (TPSA) is 173 Å². The molecule has 266 valence electrons. The summed E-state index contributed by atoms with van der Waals surface area (Å²) in [7, 11) is -3.00. The zero-order valence-corrected chi connectivity index (χ0v) is 29.6. The number of aryl methyl sites for hydroxylation is 1. The minimum Gasteiger partial charge on any atom is -0.447 e. The highest BCUT2D eigenvalue weighted by Gasteiger charge is 2.66. The molecule has 0 bridgehead atoms. The maximum atomic E-state index is 14.8. The molecule has 1 spiro atoms. The number of nitro benzene ring substituents is 1. The number of rotatable bonds is 11. The van der Waals surface area contributed by atoms with Gasteiger partial charge in [0.25, 0.3) is 11.6 Å². The second-order valence-corrected chi connectivity index (χ2v) is 18.0. The molecule has 3 aromatic carbocycles. The highest BCUT2D eigenvalue weighted by Crippen LogP contribution is 2.60. The van der Waals surface area contributed by atoms with E-state index in [4.69, 9.17) is 9.47 Å². The Kier molecular flexibility index (Phi) is 8.99. The van der Waals surface area contributed by atoms with Gasteiger partial charge in [0.05, 0.1) is 48.0 Å². The van der Waals surface area contributed by atoms with E-state index < -0.39 is 42.5 Å². The Morgan fingerprint density at radius 1 is 1.10 bits per heavy atom. The van der Waals surface area contributed by atoms with E-state index in [1.54, 1.807) is 34.0 Å². The van der Waals surface area contributed by atoms with Crippen LogP contribution in [0.25, 0.3) is 0 Å². The van der Waals surface area contributed by atoms with Crippen molar-refractivity contribution in [2.45, 2.75) is 62.7 Å². The van der Waals surface area contributed by atoms with Gasteiger partial charge in [-0.1, -0.05) is 54.6 Å². The number of ether oxygens (including phenoxy) is 2. The summed E-state index contributed by atoms with van der Waals surface area (Å²) in [5.74, 6) is -1.20. The Balaban J connectivity index is 1.18. The molecule has 14 nitrogen and oxygen atoms in total. The lowest BCUT2D eigenvalue weighted by atomic mass is 9.82.